The summed E-state index contributed by atoms with van der Waals surface area (Å²) in [6.45, 7) is 1.42. The summed E-state index contributed by atoms with van der Waals surface area (Å²) >= 11 is 0. The standard InChI is InChI=1S/C11H10F3N5O/c1-7(9(20)17-10-15-4-2-5-16-10)19-6-3-8(18-19)11(12,13)14/h2-7H,1H3,(H,15,16,17,20)/t7-/m1/s1. The fraction of sp³-hybridized carbons (Fsp3) is 0.273. The number of hydrogen-bond donors (Lipinski definition) is 1. The van der Waals surface area contributed by atoms with Crippen molar-refractivity contribution in [1.82, 2.24) is 19.7 Å². The quantitative estimate of drug-likeness (QED) is 0.934. The summed E-state index contributed by atoms with van der Waals surface area (Å²) in [6.07, 6.45) is -0.575. The molecule has 0 aromatic carbocycles. The van der Waals surface area contributed by atoms with Crippen LogP contribution in [0.4, 0.5) is 19.1 Å². The molecular weight excluding hydrogens is 275 g/mol. The highest BCUT2D eigenvalue weighted by Crippen LogP contribution is 2.27. The van der Waals surface area contributed by atoms with Crippen LogP contribution in [0.2, 0.25) is 0 Å². The van der Waals surface area contributed by atoms with Crippen LogP contribution in [0.5, 0.6) is 0 Å². The van der Waals surface area contributed by atoms with E-state index in [1.54, 1.807) is 6.07 Å². The predicted octanol–water partition coefficient (Wildman–Crippen LogP) is 1.89. The Hall–Kier alpha value is -2.45. The second kappa shape index (κ2) is 5.27. The number of carbonyl (C=O) groups is 1. The molecule has 0 spiro atoms. The van der Waals surface area contributed by atoms with Gasteiger partial charge in [-0.3, -0.25) is 14.8 Å². The Morgan fingerprint density at radius 1 is 1.35 bits per heavy atom. The van der Waals surface area contributed by atoms with Gasteiger partial charge in [0.2, 0.25) is 5.95 Å². The van der Waals surface area contributed by atoms with Gasteiger partial charge in [-0.2, -0.15) is 18.3 Å². The third kappa shape index (κ3) is 3.11. The highest BCUT2D eigenvalue weighted by molar-refractivity contribution is 5.91. The molecule has 0 radical (unpaired) electrons. The molecule has 20 heavy (non-hydrogen) atoms. The van der Waals surface area contributed by atoms with E-state index in [0.29, 0.717) is 0 Å². The van der Waals surface area contributed by atoms with Crippen molar-refractivity contribution in [2.75, 3.05) is 5.32 Å². The maximum Gasteiger partial charge on any atom is 0.435 e. The third-order valence-electron chi connectivity index (χ3n) is 2.48. The second-order valence-electron chi connectivity index (χ2n) is 3.92. The zero-order valence-electron chi connectivity index (χ0n) is 10.3. The molecule has 1 atom stereocenters. The number of nitrogens with one attached hydrogen (secondary N) is 1. The van der Waals surface area contributed by atoms with Crippen molar-refractivity contribution in [3.63, 3.8) is 0 Å². The van der Waals surface area contributed by atoms with Crippen molar-refractivity contribution in [1.29, 1.82) is 0 Å². The lowest BCUT2D eigenvalue weighted by atomic mass is 10.3. The van der Waals surface area contributed by atoms with Crippen molar-refractivity contribution in [3.05, 3.63) is 36.4 Å². The minimum Gasteiger partial charge on any atom is -0.293 e. The molecule has 1 amide bonds. The number of hydrogen-bond acceptors (Lipinski definition) is 4. The second-order valence-corrected chi connectivity index (χ2v) is 3.92. The summed E-state index contributed by atoms with van der Waals surface area (Å²) in [7, 11) is 0. The number of amides is 1. The molecule has 0 aliphatic heterocycles. The molecular formula is C11H10F3N5O. The van der Waals surface area contributed by atoms with Crippen LogP contribution in [-0.2, 0) is 11.0 Å². The van der Waals surface area contributed by atoms with Crippen LogP contribution in [0.25, 0.3) is 0 Å². The van der Waals surface area contributed by atoms with E-state index in [0.717, 1.165) is 16.9 Å². The van der Waals surface area contributed by atoms with Gasteiger partial charge in [0.15, 0.2) is 5.69 Å². The first-order chi connectivity index (χ1) is 9.38. The molecule has 2 heterocycles. The fourth-order valence-electron chi connectivity index (χ4n) is 1.40. The fourth-order valence-corrected chi connectivity index (χ4v) is 1.40. The van der Waals surface area contributed by atoms with Gasteiger partial charge in [0.25, 0.3) is 5.91 Å². The van der Waals surface area contributed by atoms with Crippen molar-refractivity contribution < 1.29 is 18.0 Å². The topological polar surface area (TPSA) is 72.7 Å². The zero-order chi connectivity index (χ0) is 14.8. The van der Waals surface area contributed by atoms with Crippen molar-refractivity contribution in [2.24, 2.45) is 0 Å². The number of halogens is 3. The van der Waals surface area contributed by atoms with Gasteiger partial charge in [-0.05, 0) is 19.1 Å². The van der Waals surface area contributed by atoms with Gasteiger partial charge in [0.05, 0.1) is 0 Å². The highest BCUT2D eigenvalue weighted by atomic mass is 19.4. The molecule has 0 bridgehead atoms. The maximum absolute atomic E-state index is 12.4. The number of nitrogens with zero attached hydrogens (tertiary/aromatic N) is 4. The van der Waals surface area contributed by atoms with Crippen molar-refractivity contribution >= 4 is 11.9 Å². The lowest BCUT2D eigenvalue weighted by Gasteiger charge is -2.11. The molecule has 2 rings (SSSR count). The normalized spacial score (nSPS) is 13.0. The van der Waals surface area contributed by atoms with Gasteiger partial charge < -0.3 is 0 Å². The number of anilines is 1. The van der Waals surface area contributed by atoms with Crippen molar-refractivity contribution in [3.8, 4) is 0 Å². The molecule has 0 aliphatic carbocycles. The Morgan fingerprint density at radius 3 is 2.55 bits per heavy atom. The van der Waals surface area contributed by atoms with E-state index in [1.807, 2.05) is 0 Å². The van der Waals surface area contributed by atoms with Gasteiger partial charge in [0.1, 0.15) is 6.04 Å². The monoisotopic (exact) mass is 285 g/mol. The average Bonchev–Trinajstić information content (AvgIpc) is 2.88. The van der Waals surface area contributed by atoms with E-state index in [2.05, 4.69) is 20.4 Å². The summed E-state index contributed by atoms with van der Waals surface area (Å²) in [5, 5.41) is 5.72. The Labute approximate surface area is 111 Å². The first-order valence-corrected chi connectivity index (χ1v) is 5.58. The molecule has 0 fully saturated rings. The number of aromatic nitrogens is 4. The van der Waals surface area contributed by atoms with Crippen molar-refractivity contribution in [2.45, 2.75) is 19.1 Å². The van der Waals surface area contributed by atoms with Gasteiger partial charge >= 0.3 is 6.18 Å². The molecule has 0 saturated carbocycles. The molecule has 6 nitrogen and oxygen atoms in total. The number of alkyl halides is 3. The first-order valence-electron chi connectivity index (χ1n) is 5.58. The van der Waals surface area contributed by atoms with Gasteiger partial charge in [-0.15, -0.1) is 0 Å². The Bertz CT molecular complexity index is 596. The third-order valence-corrected chi connectivity index (χ3v) is 2.48. The zero-order valence-corrected chi connectivity index (χ0v) is 10.3. The first kappa shape index (κ1) is 14.0. The van der Waals surface area contributed by atoms with E-state index in [4.69, 9.17) is 0 Å². The van der Waals surface area contributed by atoms with E-state index in [-0.39, 0.29) is 5.95 Å². The molecule has 1 N–H and O–H groups in total. The number of rotatable bonds is 3. The highest BCUT2D eigenvalue weighted by Gasteiger charge is 2.34. The van der Waals surface area contributed by atoms with E-state index in [9.17, 15) is 18.0 Å². The smallest absolute Gasteiger partial charge is 0.293 e. The Morgan fingerprint density at radius 2 is 2.00 bits per heavy atom. The largest absolute Gasteiger partial charge is 0.435 e. The summed E-state index contributed by atoms with van der Waals surface area (Å²) in [5.41, 5.74) is -1.05. The summed E-state index contributed by atoms with van der Waals surface area (Å²) in [4.78, 5) is 19.4. The summed E-state index contributed by atoms with van der Waals surface area (Å²) < 4.78 is 38.2. The lowest BCUT2D eigenvalue weighted by Crippen LogP contribution is -2.25. The van der Waals surface area contributed by atoms with Gasteiger partial charge in [-0.25, -0.2) is 9.97 Å². The Kier molecular flexibility index (Phi) is 3.68. The number of carbonyl (C=O) groups excluding carboxylic acids is 1. The van der Waals surface area contributed by atoms with Crippen LogP contribution in [0, 0.1) is 0 Å². The summed E-state index contributed by atoms with van der Waals surface area (Å²) in [5.74, 6) is -0.486. The van der Waals surface area contributed by atoms with E-state index in [1.165, 1.54) is 19.3 Å². The van der Waals surface area contributed by atoms with Gasteiger partial charge in [-0.1, -0.05) is 0 Å². The molecule has 0 unspecified atom stereocenters. The lowest BCUT2D eigenvalue weighted by molar-refractivity contribution is -0.141. The molecule has 9 heteroatoms. The molecule has 106 valence electrons. The van der Waals surface area contributed by atoms with Crippen LogP contribution >= 0.6 is 0 Å². The van der Waals surface area contributed by atoms with Crippen LogP contribution in [0.15, 0.2) is 30.7 Å². The van der Waals surface area contributed by atoms with E-state index < -0.39 is 23.8 Å². The SMILES string of the molecule is C[C@H](C(=O)Nc1ncccn1)n1ccc(C(F)(F)F)n1. The van der Waals surface area contributed by atoms with Crippen LogP contribution in [0.1, 0.15) is 18.7 Å². The average molecular weight is 285 g/mol. The van der Waals surface area contributed by atoms with Crippen LogP contribution < -0.4 is 5.32 Å². The molecule has 0 saturated heterocycles. The van der Waals surface area contributed by atoms with Gasteiger partial charge in [0, 0.05) is 18.6 Å². The Balaban J connectivity index is 2.09. The summed E-state index contributed by atoms with van der Waals surface area (Å²) in [6, 6.07) is 1.46. The van der Waals surface area contributed by atoms with Crippen LogP contribution in [-0.4, -0.2) is 25.7 Å². The maximum atomic E-state index is 12.4. The minimum absolute atomic E-state index is 0.0764. The minimum atomic E-state index is -4.54. The van der Waals surface area contributed by atoms with Crippen LogP contribution in [0.3, 0.4) is 0 Å². The van der Waals surface area contributed by atoms with E-state index >= 15 is 0 Å². The molecule has 0 aliphatic rings. The molecule has 2 aromatic rings. The predicted molar refractivity (Wildman–Crippen MR) is 62.6 cm³/mol. The molecule has 2 aromatic heterocycles.